The van der Waals surface area contributed by atoms with Gasteiger partial charge in [-0.15, -0.1) is 0 Å². The maximum absolute atomic E-state index is 10.00. The van der Waals surface area contributed by atoms with Crippen molar-refractivity contribution < 1.29 is 14.9 Å². The molecule has 1 aromatic carbocycles. The van der Waals surface area contributed by atoms with Gasteiger partial charge in [-0.2, -0.15) is 0 Å². The van der Waals surface area contributed by atoms with E-state index in [1.807, 2.05) is 37.3 Å². The second kappa shape index (κ2) is 4.95. The highest BCUT2D eigenvalue weighted by atomic mass is 16.5. The molecule has 88 valence electrons. The Morgan fingerprint density at radius 1 is 1.25 bits per heavy atom. The van der Waals surface area contributed by atoms with E-state index < -0.39 is 12.2 Å². The molecule has 0 spiro atoms. The van der Waals surface area contributed by atoms with E-state index in [0.29, 0.717) is 0 Å². The second-order valence-corrected chi connectivity index (χ2v) is 4.41. The first-order valence-electron chi connectivity index (χ1n) is 5.70. The Labute approximate surface area is 95.7 Å². The molecule has 1 aliphatic heterocycles. The minimum Gasteiger partial charge on any atom is -0.394 e. The maximum Gasteiger partial charge on any atom is 0.107 e. The van der Waals surface area contributed by atoms with Crippen LogP contribution in [0.25, 0.3) is 0 Å². The van der Waals surface area contributed by atoms with E-state index in [1.165, 1.54) is 5.56 Å². The van der Waals surface area contributed by atoms with Gasteiger partial charge in [0, 0.05) is 5.92 Å². The van der Waals surface area contributed by atoms with Crippen molar-refractivity contribution in [3.8, 4) is 0 Å². The van der Waals surface area contributed by atoms with Crippen LogP contribution in [-0.2, 0) is 11.2 Å². The van der Waals surface area contributed by atoms with Crippen LogP contribution in [0.4, 0.5) is 0 Å². The molecule has 1 saturated heterocycles. The van der Waals surface area contributed by atoms with Gasteiger partial charge in [-0.05, 0) is 18.9 Å². The van der Waals surface area contributed by atoms with Gasteiger partial charge < -0.3 is 14.9 Å². The van der Waals surface area contributed by atoms with E-state index in [4.69, 9.17) is 9.84 Å². The largest absolute Gasteiger partial charge is 0.394 e. The molecule has 16 heavy (non-hydrogen) atoms. The third-order valence-electron chi connectivity index (χ3n) is 3.31. The van der Waals surface area contributed by atoms with Crippen LogP contribution in [-0.4, -0.2) is 35.1 Å². The fraction of sp³-hybridized carbons (Fsp3) is 0.538. The van der Waals surface area contributed by atoms with Gasteiger partial charge in [-0.25, -0.2) is 0 Å². The van der Waals surface area contributed by atoms with Gasteiger partial charge in [0.2, 0.25) is 0 Å². The Morgan fingerprint density at radius 2 is 1.94 bits per heavy atom. The van der Waals surface area contributed by atoms with Crippen LogP contribution in [0, 0.1) is 5.92 Å². The summed E-state index contributed by atoms with van der Waals surface area (Å²) in [5.41, 5.74) is 1.19. The van der Waals surface area contributed by atoms with Gasteiger partial charge in [0.05, 0.1) is 18.8 Å². The number of benzene rings is 1. The highest BCUT2D eigenvalue weighted by Gasteiger charge is 2.40. The van der Waals surface area contributed by atoms with Gasteiger partial charge in [0.25, 0.3) is 0 Å². The van der Waals surface area contributed by atoms with Gasteiger partial charge in [-0.1, -0.05) is 30.3 Å². The first-order chi connectivity index (χ1) is 7.72. The Kier molecular flexibility index (Phi) is 3.59. The summed E-state index contributed by atoms with van der Waals surface area (Å²) >= 11 is 0. The number of ether oxygens (including phenoxy) is 1. The van der Waals surface area contributed by atoms with Crippen LogP contribution in [0.3, 0.4) is 0 Å². The molecule has 1 aliphatic rings. The molecule has 0 aromatic heterocycles. The quantitative estimate of drug-likeness (QED) is 0.801. The van der Waals surface area contributed by atoms with Gasteiger partial charge in [-0.3, -0.25) is 0 Å². The van der Waals surface area contributed by atoms with Crippen molar-refractivity contribution in [1.29, 1.82) is 0 Å². The Morgan fingerprint density at radius 3 is 2.50 bits per heavy atom. The zero-order chi connectivity index (χ0) is 11.5. The van der Waals surface area contributed by atoms with Crippen LogP contribution in [0.15, 0.2) is 30.3 Å². The van der Waals surface area contributed by atoms with Crippen molar-refractivity contribution in [2.75, 3.05) is 6.61 Å². The Bertz CT molecular complexity index is 325. The Hall–Kier alpha value is -0.900. The first kappa shape index (κ1) is 11.6. The molecule has 1 fully saturated rings. The Balaban J connectivity index is 2.05. The van der Waals surface area contributed by atoms with Crippen molar-refractivity contribution in [3.05, 3.63) is 35.9 Å². The molecular weight excluding hydrogens is 204 g/mol. The van der Waals surface area contributed by atoms with E-state index in [-0.39, 0.29) is 18.6 Å². The minimum absolute atomic E-state index is 0.00708. The molecule has 1 aromatic rings. The van der Waals surface area contributed by atoms with E-state index >= 15 is 0 Å². The fourth-order valence-corrected chi connectivity index (χ4v) is 2.33. The van der Waals surface area contributed by atoms with Gasteiger partial charge in [0.1, 0.15) is 6.10 Å². The van der Waals surface area contributed by atoms with Crippen molar-refractivity contribution in [3.63, 3.8) is 0 Å². The standard InChI is InChI=1S/C13H18O3/c1-9-11(13(15)12(8-14)16-9)7-10-5-3-2-4-6-10/h2-6,9,11-15H,7-8H2,1H3/t9?,11-,12?,13-/m0/s1. The smallest absolute Gasteiger partial charge is 0.107 e. The number of rotatable bonds is 3. The highest BCUT2D eigenvalue weighted by Crippen LogP contribution is 2.29. The summed E-state index contributed by atoms with van der Waals surface area (Å²) in [7, 11) is 0. The van der Waals surface area contributed by atoms with Gasteiger partial charge in [0.15, 0.2) is 0 Å². The van der Waals surface area contributed by atoms with Crippen molar-refractivity contribution in [2.45, 2.75) is 31.7 Å². The molecule has 1 heterocycles. The van der Waals surface area contributed by atoms with Crippen molar-refractivity contribution >= 4 is 0 Å². The number of aliphatic hydroxyl groups excluding tert-OH is 2. The third-order valence-corrected chi connectivity index (χ3v) is 3.31. The monoisotopic (exact) mass is 222 g/mol. The summed E-state index contributed by atoms with van der Waals surface area (Å²) in [6, 6.07) is 10.1. The molecule has 0 aliphatic carbocycles. The molecule has 3 heteroatoms. The van der Waals surface area contributed by atoms with E-state index in [9.17, 15) is 5.11 Å². The lowest BCUT2D eigenvalue weighted by Gasteiger charge is -2.17. The minimum atomic E-state index is -0.569. The summed E-state index contributed by atoms with van der Waals surface area (Å²) in [6.07, 6.45) is -0.212. The summed E-state index contributed by atoms with van der Waals surface area (Å²) < 4.78 is 5.51. The number of aliphatic hydroxyl groups is 2. The highest BCUT2D eigenvalue weighted by molar-refractivity contribution is 5.16. The molecule has 0 bridgehead atoms. The van der Waals surface area contributed by atoms with E-state index in [0.717, 1.165) is 6.42 Å². The zero-order valence-corrected chi connectivity index (χ0v) is 9.41. The first-order valence-corrected chi connectivity index (χ1v) is 5.70. The van der Waals surface area contributed by atoms with E-state index in [1.54, 1.807) is 0 Å². The summed E-state index contributed by atoms with van der Waals surface area (Å²) in [5, 5.41) is 19.0. The lowest BCUT2D eigenvalue weighted by atomic mass is 9.90. The third kappa shape index (κ3) is 2.26. The number of hydrogen-bond donors (Lipinski definition) is 2. The molecule has 2 rings (SSSR count). The molecule has 2 unspecified atom stereocenters. The predicted molar refractivity (Wildman–Crippen MR) is 61.1 cm³/mol. The number of hydrogen-bond acceptors (Lipinski definition) is 3. The lowest BCUT2D eigenvalue weighted by Crippen LogP contribution is -2.30. The molecule has 2 N–H and O–H groups in total. The summed E-state index contributed by atoms with van der Waals surface area (Å²) in [4.78, 5) is 0. The zero-order valence-electron chi connectivity index (χ0n) is 9.41. The summed E-state index contributed by atoms with van der Waals surface area (Å²) in [6.45, 7) is 1.84. The molecule has 0 amide bonds. The summed E-state index contributed by atoms with van der Waals surface area (Å²) in [5.74, 6) is 0.0690. The molecule has 0 radical (unpaired) electrons. The van der Waals surface area contributed by atoms with Crippen LogP contribution in [0.5, 0.6) is 0 Å². The average Bonchev–Trinajstić information content (AvgIpc) is 2.58. The van der Waals surface area contributed by atoms with Crippen LogP contribution in [0.2, 0.25) is 0 Å². The molecule has 3 nitrogen and oxygen atoms in total. The fourth-order valence-electron chi connectivity index (χ4n) is 2.33. The van der Waals surface area contributed by atoms with Crippen LogP contribution >= 0.6 is 0 Å². The maximum atomic E-state index is 10.00. The molecule has 4 atom stereocenters. The van der Waals surface area contributed by atoms with Crippen molar-refractivity contribution in [2.24, 2.45) is 5.92 Å². The second-order valence-electron chi connectivity index (χ2n) is 4.41. The van der Waals surface area contributed by atoms with Crippen molar-refractivity contribution in [1.82, 2.24) is 0 Å². The molecular formula is C13H18O3. The molecule has 0 saturated carbocycles. The van der Waals surface area contributed by atoms with Crippen LogP contribution < -0.4 is 0 Å². The van der Waals surface area contributed by atoms with Crippen LogP contribution in [0.1, 0.15) is 12.5 Å². The predicted octanol–water partition coefficient (Wildman–Crippen LogP) is 0.986. The van der Waals surface area contributed by atoms with Gasteiger partial charge >= 0.3 is 0 Å². The average molecular weight is 222 g/mol. The normalized spacial score (nSPS) is 34.2. The SMILES string of the molecule is CC1OC(CO)[C@@H](O)[C@H]1Cc1ccccc1. The topological polar surface area (TPSA) is 49.7 Å². The lowest BCUT2D eigenvalue weighted by molar-refractivity contribution is -0.0170. The van der Waals surface area contributed by atoms with E-state index in [2.05, 4.69) is 0 Å².